The molecule has 0 radical (unpaired) electrons. The Labute approximate surface area is 168 Å². The van der Waals surface area contributed by atoms with Crippen molar-refractivity contribution in [2.24, 2.45) is 5.92 Å². The molecule has 1 aliphatic rings. The summed E-state index contributed by atoms with van der Waals surface area (Å²) in [4.78, 5) is 30.7. The number of rotatable bonds is 6. The molecule has 1 aliphatic heterocycles. The summed E-state index contributed by atoms with van der Waals surface area (Å²) in [5.41, 5.74) is 1.89. The molecule has 0 saturated carbocycles. The van der Waals surface area contributed by atoms with Crippen LogP contribution in [0, 0.1) is 5.92 Å². The van der Waals surface area contributed by atoms with E-state index in [0.717, 1.165) is 29.2 Å². The van der Waals surface area contributed by atoms with Crippen LogP contribution < -0.4 is 0 Å². The Balaban J connectivity index is 1.63. The van der Waals surface area contributed by atoms with Gasteiger partial charge in [0.2, 0.25) is 5.91 Å². The Hall–Kier alpha value is -1.73. The third-order valence-corrected chi connectivity index (χ3v) is 6.03. The first-order chi connectivity index (χ1) is 13.0. The van der Waals surface area contributed by atoms with Crippen molar-refractivity contribution in [1.29, 1.82) is 0 Å². The van der Waals surface area contributed by atoms with Gasteiger partial charge in [-0.15, -0.1) is 0 Å². The minimum atomic E-state index is -0.177. The zero-order valence-electron chi connectivity index (χ0n) is 15.6. The Morgan fingerprint density at radius 1 is 1.33 bits per heavy atom. The first kappa shape index (κ1) is 20.0. The maximum absolute atomic E-state index is 12.6. The molecule has 0 atom stereocenters. The highest BCUT2D eigenvalue weighted by molar-refractivity contribution is 7.99. The average molecular weight is 410 g/mol. The third kappa shape index (κ3) is 4.58. The van der Waals surface area contributed by atoms with Crippen LogP contribution in [0.4, 0.5) is 0 Å². The largest absolute Gasteiger partial charge is 0.469 e. The van der Waals surface area contributed by atoms with Gasteiger partial charge in [-0.3, -0.25) is 9.59 Å². The number of carbonyl (C=O) groups excluding carboxylic acids is 2. The Morgan fingerprint density at radius 3 is 2.74 bits per heavy atom. The van der Waals surface area contributed by atoms with Crippen LogP contribution in [-0.4, -0.2) is 52.3 Å². The van der Waals surface area contributed by atoms with E-state index in [-0.39, 0.29) is 17.8 Å². The molecule has 6 nitrogen and oxygen atoms in total. The van der Waals surface area contributed by atoms with Gasteiger partial charge in [0.15, 0.2) is 5.16 Å². The molecule has 8 heteroatoms. The van der Waals surface area contributed by atoms with E-state index in [9.17, 15) is 9.59 Å². The van der Waals surface area contributed by atoms with Gasteiger partial charge in [0.1, 0.15) is 0 Å². The van der Waals surface area contributed by atoms with E-state index in [1.165, 1.54) is 18.9 Å². The number of fused-ring (bicyclic) bond motifs is 1. The van der Waals surface area contributed by atoms with Crippen molar-refractivity contribution in [3.05, 3.63) is 23.2 Å². The molecule has 3 rings (SSSR count). The van der Waals surface area contributed by atoms with Crippen LogP contribution in [-0.2, 0) is 20.9 Å². The molecule has 0 bridgehead atoms. The van der Waals surface area contributed by atoms with Gasteiger partial charge in [0, 0.05) is 24.7 Å². The van der Waals surface area contributed by atoms with Gasteiger partial charge in [-0.1, -0.05) is 30.3 Å². The number of esters is 1. The molecular formula is C19H24ClN3O3S. The highest BCUT2D eigenvalue weighted by Gasteiger charge is 2.28. The number of methoxy groups -OCH3 is 1. The van der Waals surface area contributed by atoms with Gasteiger partial charge in [0.25, 0.3) is 0 Å². The second-order valence-corrected chi connectivity index (χ2v) is 8.02. The lowest BCUT2D eigenvalue weighted by atomic mass is 9.97. The fourth-order valence-corrected chi connectivity index (χ4v) is 4.49. The number of carbonyl (C=O) groups is 2. The Bertz CT molecular complexity index is 831. The quantitative estimate of drug-likeness (QED) is 0.538. The van der Waals surface area contributed by atoms with E-state index in [1.807, 2.05) is 23.1 Å². The monoisotopic (exact) mass is 409 g/mol. The number of aromatic nitrogens is 2. The maximum atomic E-state index is 12.6. The fourth-order valence-electron chi connectivity index (χ4n) is 3.38. The van der Waals surface area contributed by atoms with E-state index in [1.54, 1.807) is 0 Å². The van der Waals surface area contributed by atoms with Crippen molar-refractivity contribution in [2.75, 3.05) is 26.0 Å². The molecule has 0 spiro atoms. The van der Waals surface area contributed by atoms with Crippen LogP contribution in [0.1, 0.15) is 26.2 Å². The smallest absolute Gasteiger partial charge is 0.308 e. The van der Waals surface area contributed by atoms with E-state index in [4.69, 9.17) is 16.3 Å². The molecule has 2 heterocycles. The standard InChI is InChI=1S/C19H24ClN3O3S/c1-3-8-23-16-5-4-14(20)11-15(16)21-19(23)27-12-17(24)22-9-6-13(7-10-22)18(25)26-2/h4-5,11,13H,3,6-10,12H2,1-2H3. The van der Waals surface area contributed by atoms with E-state index in [2.05, 4.69) is 16.5 Å². The lowest BCUT2D eigenvalue weighted by molar-refractivity contribution is -0.148. The maximum Gasteiger partial charge on any atom is 0.308 e. The molecule has 1 fully saturated rings. The highest BCUT2D eigenvalue weighted by atomic mass is 35.5. The average Bonchev–Trinajstić information content (AvgIpc) is 3.02. The molecule has 27 heavy (non-hydrogen) atoms. The molecular weight excluding hydrogens is 386 g/mol. The number of thioether (sulfide) groups is 1. The number of likely N-dealkylation sites (tertiary alicyclic amines) is 1. The Morgan fingerprint density at radius 2 is 2.07 bits per heavy atom. The summed E-state index contributed by atoms with van der Waals surface area (Å²) in [6.45, 7) is 4.16. The minimum Gasteiger partial charge on any atom is -0.469 e. The normalized spacial score (nSPS) is 15.3. The highest BCUT2D eigenvalue weighted by Crippen LogP contribution is 2.27. The topological polar surface area (TPSA) is 64.4 Å². The number of amides is 1. The SMILES string of the molecule is CCCn1c(SCC(=O)N2CCC(C(=O)OC)CC2)nc2cc(Cl)ccc21. The fraction of sp³-hybridized carbons (Fsp3) is 0.526. The van der Waals surface area contributed by atoms with Crippen molar-refractivity contribution >= 4 is 46.3 Å². The molecule has 1 aromatic heterocycles. The van der Waals surface area contributed by atoms with Crippen LogP contribution in [0.15, 0.2) is 23.4 Å². The summed E-state index contributed by atoms with van der Waals surface area (Å²) in [5.74, 6) is 0.147. The summed E-state index contributed by atoms with van der Waals surface area (Å²) < 4.78 is 6.94. The molecule has 2 aromatic rings. The van der Waals surface area contributed by atoms with Crippen molar-refractivity contribution in [3.8, 4) is 0 Å². The van der Waals surface area contributed by atoms with E-state index in [0.29, 0.717) is 36.7 Å². The van der Waals surface area contributed by atoms with Crippen LogP contribution in [0.2, 0.25) is 5.02 Å². The summed E-state index contributed by atoms with van der Waals surface area (Å²) in [6, 6.07) is 5.69. The lowest BCUT2D eigenvalue weighted by Crippen LogP contribution is -2.41. The molecule has 0 unspecified atom stereocenters. The number of piperidine rings is 1. The number of benzene rings is 1. The number of nitrogens with zero attached hydrogens (tertiary/aromatic N) is 3. The molecule has 146 valence electrons. The van der Waals surface area contributed by atoms with Crippen molar-refractivity contribution in [1.82, 2.24) is 14.5 Å². The molecule has 0 aliphatic carbocycles. The molecule has 1 amide bonds. The number of aryl methyl sites for hydroxylation is 1. The van der Waals surface area contributed by atoms with Crippen molar-refractivity contribution in [3.63, 3.8) is 0 Å². The summed E-state index contributed by atoms with van der Waals surface area (Å²) in [7, 11) is 1.41. The van der Waals surface area contributed by atoms with Gasteiger partial charge < -0.3 is 14.2 Å². The number of imidazole rings is 1. The second-order valence-electron chi connectivity index (χ2n) is 6.65. The van der Waals surface area contributed by atoms with Gasteiger partial charge in [-0.25, -0.2) is 4.98 Å². The van der Waals surface area contributed by atoms with Crippen LogP contribution in [0.5, 0.6) is 0 Å². The van der Waals surface area contributed by atoms with Gasteiger partial charge in [-0.2, -0.15) is 0 Å². The van der Waals surface area contributed by atoms with Crippen LogP contribution in [0.25, 0.3) is 11.0 Å². The van der Waals surface area contributed by atoms with Gasteiger partial charge >= 0.3 is 5.97 Å². The zero-order chi connectivity index (χ0) is 19.4. The Kier molecular flexibility index (Phi) is 6.65. The van der Waals surface area contributed by atoms with Gasteiger partial charge in [-0.05, 0) is 37.5 Å². The lowest BCUT2D eigenvalue weighted by Gasteiger charge is -2.30. The van der Waals surface area contributed by atoms with Crippen LogP contribution in [0.3, 0.4) is 0 Å². The summed E-state index contributed by atoms with van der Waals surface area (Å²) >= 11 is 7.54. The molecule has 1 aromatic carbocycles. The number of hydrogen-bond acceptors (Lipinski definition) is 5. The van der Waals surface area contributed by atoms with Crippen molar-refractivity contribution in [2.45, 2.75) is 37.9 Å². The third-order valence-electron chi connectivity index (χ3n) is 4.83. The first-order valence-electron chi connectivity index (χ1n) is 9.17. The molecule has 0 N–H and O–H groups in total. The molecule has 1 saturated heterocycles. The number of ether oxygens (including phenoxy) is 1. The minimum absolute atomic E-state index is 0.0800. The zero-order valence-corrected chi connectivity index (χ0v) is 17.2. The second kappa shape index (κ2) is 8.97. The van der Waals surface area contributed by atoms with Gasteiger partial charge in [0.05, 0.1) is 29.8 Å². The number of hydrogen-bond donors (Lipinski definition) is 0. The van der Waals surface area contributed by atoms with E-state index < -0.39 is 0 Å². The van der Waals surface area contributed by atoms with Crippen molar-refractivity contribution < 1.29 is 14.3 Å². The summed E-state index contributed by atoms with van der Waals surface area (Å²) in [5, 5.41) is 1.50. The van der Waals surface area contributed by atoms with E-state index >= 15 is 0 Å². The van der Waals surface area contributed by atoms with Crippen LogP contribution >= 0.6 is 23.4 Å². The predicted octanol–water partition coefficient (Wildman–Crippen LogP) is 3.60. The predicted molar refractivity (Wildman–Crippen MR) is 107 cm³/mol. The summed E-state index contributed by atoms with van der Waals surface area (Å²) in [6.07, 6.45) is 2.31. The first-order valence-corrected chi connectivity index (χ1v) is 10.5. The number of halogens is 1.